The Bertz CT molecular complexity index is 1090. The number of benzene rings is 2. The van der Waals surface area contributed by atoms with Gasteiger partial charge in [-0.1, -0.05) is 29.3 Å². The summed E-state index contributed by atoms with van der Waals surface area (Å²) in [5.41, 5.74) is 3.81. The Hall–Kier alpha value is -2.08. The lowest BCUT2D eigenvalue weighted by molar-refractivity contribution is 0.102. The SMILES string of the molecule is Cc1cc(C(=O)CSc2cc(Cl)ccc2Cl)c(C)n1Cc1ccc2c(c1)OCO2. The predicted molar refractivity (Wildman–Crippen MR) is 117 cm³/mol. The summed E-state index contributed by atoms with van der Waals surface area (Å²) in [6.45, 7) is 4.91. The lowest BCUT2D eigenvalue weighted by Gasteiger charge is -2.11. The monoisotopic (exact) mass is 447 g/mol. The Labute approximate surface area is 183 Å². The molecule has 0 saturated carbocycles. The highest BCUT2D eigenvalue weighted by Gasteiger charge is 2.18. The van der Waals surface area contributed by atoms with Crippen LogP contribution in [-0.4, -0.2) is 22.9 Å². The number of ether oxygens (including phenoxy) is 2. The molecule has 0 fully saturated rings. The van der Waals surface area contributed by atoms with Crippen LogP contribution < -0.4 is 9.47 Å². The van der Waals surface area contributed by atoms with E-state index in [1.54, 1.807) is 18.2 Å². The number of carbonyl (C=O) groups is 1. The number of halogens is 2. The number of hydrogen-bond donors (Lipinski definition) is 0. The van der Waals surface area contributed by atoms with Gasteiger partial charge in [-0.05, 0) is 55.8 Å². The van der Waals surface area contributed by atoms with Crippen molar-refractivity contribution in [2.24, 2.45) is 0 Å². The molecule has 1 aliphatic rings. The fourth-order valence-corrected chi connectivity index (χ4v) is 4.73. The number of hydrogen-bond acceptors (Lipinski definition) is 4. The number of rotatable bonds is 6. The van der Waals surface area contributed by atoms with Gasteiger partial charge in [-0.2, -0.15) is 0 Å². The zero-order valence-electron chi connectivity index (χ0n) is 16.0. The lowest BCUT2D eigenvalue weighted by Crippen LogP contribution is -2.07. The zero-order valence-corrected chi connectivity index (χ0v) is 18.3. The van der Waals surface area contributed by atoms with Gasteiger partial charge in [0.1, 0.15) is 0 Å². The van der Waals surface area contributed by atoms with Gasteiger partial charge >= 0.3 is 0 Å². The van der Waals surface area contributed by atoms with Gasteiger partial charge < -0.3 is 14.0 Å². The summed E-state index contributed by atoms with van der Waals surface area (Å²) in [6, 6.07) is 13.1. The molecule has 0 bridgehead atoms. The van der Waals surface area contributed by atoms with E-state index in [9.17, 15) is 4.79 Å². The number of aryl methyl sites for hydroxylation is 1. The van der Waals surface area contributed by atoms with Crippen LogP contribution in [0.25, 0.3) is 0 Å². The van der Waals surface area contributed by atoms with Crippen molar-refractivity contribution in [3.05, 3.63) is 75.0 Å². The Kier molecular flexibility index (Phi) is 5.81. The van der Waals surface area contributed by atoms with Gasteiger partial charge in [0.2, 0.25) is 6.79 Å². The fraction of sp³-hybridized carbons (Fsp3) is 0.227. The van der Waals surface area contributed by atoms with E-state index in [2.05, 4.69) is 4.57 Å². The molecule has 2 heterocycles. The molecule has 4 rings (SSSR count). The minimum absolute atomic E-state index is 0.0658. The molecular weight excluding hydrogens is 429 g/mol. The van der Waals surface area contributed by atoms with Gasteiger partial charge in [-0.15, -0.1) is 11.8 Å². The molecule has 150 valence electrons. The summed E-state index contributed by atoms with van der Waals surface area (Å²) >= 11 is 13.6. The first-order valence-corrected chi connectivity index (χ1v) is 10.8. The molecular formula is C22H19Cl2NO3S. The Morgan fingerprint density at radius 3 is 2.69 bits per heavy atom. The molecule has 0 atom stereocenters. The maximum absolute atomic E-state index is 12.9. The molecule has 1 aromatic heterocycles. The minimum Gasteiger partial charge on any atom is -0.454 e. The number of nitrogens with zero attached hydrogens (tertiary/aromatic N) is 1. The van der Waals surface area contributed by atoms with E-state index >= 15 is 0 Å². The summed E-state index contributed by atoms with van der Waals surface area (Å²) in [5.74, 6) is 1.89. The van der Waals surface area contributed by atoms with Crippen LogP contribution in [-0.2, 0) is 6.54 Å². The molecule has 0 amide bonds. The minimum atomic E-state index is 0.0658. The average molecular weight is 448 g/mol. The molecule has 1 aliphatic heterocycles. The molecule has 3 aromatic rings. The first kappa shape index (κ1) is 20.2. The van der Waals surface area contributed by atoms with Crippen LogP contribution in [0.4, 0.5) is 0 Å². The van der Waals surface area contributed by atoms with Crippen molar-refractivity contribution in [2.45, 2.75) is 25.3 Å². The predicted octanol–water partition coefficient (Wildman–Crippen LogP) is 6.16. The second-order valence-corrected chi connectivity index (χ2v) is 8.71. The third kappa shape index (κ3) is 4.27. The summed E-state index contributed by atoms with van der Waals surface area (Å²) in [5, 5.41) is 1.20. The van der Waals surface area contributed by atoms with Crippen molar-refractivity contribution in [3.63, 3.8) is 0 Å². The second kappa shape index (κ2) is 8.34. The van der Waals surface area contributed by atoms with Crippen molar-refractivity contribution < 1.29 is 14.3 Å². The maximum atomic E-state index is 12.9. The summed E-state index contributed by atoms with van der Waals surface area (Å²) in [4.78, 5) is 13.7. The average Bonchev–Trinajstić information content (AvgIpc) is 3.27. The molecule has 7 heteroatoms. The number of thioether (sulfide) groups is 1. The molecule has 0 N–H and O–H groups in total. The van der Waals surface area contributed by atoms with Gasteiger partial charge in [0.05, 0.1) is 10.8 Å². The topological polar surface area (TPSA) is 40.5 Å². The van der Waals surface area contributed by atoms with Crippen molar-refractivity contribution in [1.29, 1.82) is 0 Å². The lowest BCUT2D eigenvalue weighted by atomic mass is 10.1. The van der Waals surface area contributed by atoms with Crippen LogP contribution in [0.2, 0.25) is 10.0 Å². The Morgan fingerprint density at radius 1 is 1.07 bits per heavy atom. The van der Waals surface area contributed by atoms with E-state index in [0.717, 1.165) is 38.9 Å². The Morgan fingerprint density at radius 2 is 1.86 bits per heavy atom. The van der Waals surface area contributed by atoms with E-state index in [1.165, 1.54) is 11.8 Å². The van der Waals surface area contributed by atoms with Gasteiger partial charge in [-0.25, -0.2) is 0 Å². The zero-order chi connectivity index (χ0) is 20.5. The van der Waals surface area contributed by atoms with E-state index in [4.69, 9.17) is 32.7 Å². The number of aromatic nitrogens is 1. The van der Waals surface area contributed by atoms with Gasteiger partial charge in [0, 0.05) is 33.4 Å². The van der Waals surface area contributed by atoms with Crippen LogP contribution in [0.1, 0.15) is 27.3 Å². The molecule has 0 radical (unpaired) electrons. The highest BCUT2D eigenvalue weighted by molar-refractivity contribution is 8.00. The molecule has 29 heavy (non-hydrogen) atoms. The fourth-order valence-electron chi connectivity index (χ4n) is 3.36. The van der Waals surface area contributed by atoms with Crippen molar-refractivity contribution in [3.8, 4) is 11.5 Å². The van der Waals surface area contributed by atoms with E-state index < -0.39 is 0 Å². The summed E-state index contributed by atoms with van der Waals surface area (Å²) in [7, 11) is 0. The molecule has 2 aromatic carbocycles. The van der Waals surface area contributed by atoms with Crippen LogP contribution in [0.15, 0.2) is 47.4 Å². The van der Waals surface area contributed by atoms with Crippen LogP contribution >= 0.6 is 35.0 Å². The van der Waals surface area contributed by atoms with Crippen LogP contribution in [0, 0.1) is 13.8 Å². The Balaban J connectivity index is 1.50. The van der Waals surface area contributed by atoms with Crippen LogP contribution in [0.3, 0.4) is 0 Å². The maximum Gasteiger partial charge on any atom is 0.231 e. The largest absolute Gasteiger partial charge is 0.454 e. The highest BCUT2D eigenvalue weighted by Crippen LogP contribution is 2.33. The van der Waals surface area contributed by atoms with Crippen LogP contribution in [0.5, 0.6) is 11.5 Å². The highest BCUT2D eigenvalue weighted by atomic mass is 35.5. The first-order chi connectivity index (χ1) is 13.9. The van der Waals surface area contributed by atoms with Gasteiger partial charge in [0.15, 0.2) is 17.3 Å². The third-order valence-corrected chi connectivity index (χ3v) is 6.64. The number of carbonyl (C=O) groups excluding carboxylic acids is 1. The molecule has 0 unspecified atom stereocenters. The van der Waals surface area contributed by atoms with E-state index in [-0.39, 0.29) is 12.6 Å². The van der Waals surface area contributed by atoms with Crippen molar-refractivity contribution in [1.82, 2.24) is 4.57 Å². The number of ketones is 1. The molecule has 0 aliphatic carbocycles. The summed E-state index contributed by atoms with van der Waals surface area (Å²) in [6.07, 6.45) is 0. The van der Waals surface area contributed by atoms with Crippen molar-refractivity contribution >= 4 is 40.7 Å². The molecule has 0 saturated heterocycles. The van der Waals surface area contributed by atoms with E-state index in [1.807, 2.05) is 38.1 Å². The summed E-state index contributed by atoms with van der Waals surface area (Å²) < 4.78 is 13.0. The normalized spacial score (nSPS) is 12.4. The van der Waals surface area contributed by atoms with Gasteiger partial charge in [-0.3, -0.25) is 4.79 Å². The standard InChI is InChI=1S/C22H19Cl2NO3S/c1-13-7-17(19(26)11-29-22-9-16(23)4-5-18(22)24)14(2)25(13)10-15-3-6-20-21(8-15)28-12-27-20/h3-9H,10-12H2,1-2H3. The molecule has 0 spiro atoms. The first-order valence-electron chi connectivity index (χ1n) is 9.08. The third-order valence-electron chi connectivity index (χ3n) is 4.90. The van der Waals surface area contributed by atoms with E-state index in [0.29, 0.717) is 22.3 Å². The smallest absolute Gasteiger partial charge is 0.231 e. The second-order valence-electron chi connectivity index (χ2n) is 6.85. The van der Waals surface area contributed by atoms with Gasteiger partial charge in [0.25, 0.3) is 0 Å². The van der Waals surface area contributed by atoms with Crippen molar-refractivity contribution in [2.75, 3.05) is 12.5 Å². The number of Topliss-reactive ketones (excluding diaryl/α,β-unsaturated/α-hetero) is 1. The number of fused-ring (bicyclic) bond motifs is 1. The molecule has 4 nitrogen and oxygen atoms in total. The quantitative estimate of drug-likeness (QED) is 0.334.